The number of hydrogen-bond donors (Lipinski definition) is 1. The molecule has 0 radical (unpaired) electrons. The first-order valence-corrected chi connectivity index (χ1v) is 13.0. The van der Waals surface area contributed by atoms with Gasteiger partial charge in [0.15, 0.2) is 0 Å². The van der Waals surface area contributed by atoms with Crippen molar-refractivity contribution in [2.75, 3.05) is 23.7 Å². The van der Waals surface area contributed by atoms with Gasteiger partial charge < -0.3 is 5.32 Å². The van der Waals surface area contributed by atoms with E-state index in [0.29, 0.717) is 22.8 Å². The highest BCUT2D eigenvalue weighted by molar-refractivity contribution is 7.98. The number of nitrogens with one attached hydrogen (secondary N) is 1. The van der Waals surface area contributed by atoms with Crippen molar-refractivity contribution in [3.05, 3.63) is 94.5 Å². The molecule has 0 bridgehead atoms. The van der Waals surface area contributed by atoms with Gasteiger partial charge in [-0.05, 0) is 48.9 Å². The van der Waals surface area contributed by atoms with Gasteiger partial charge in [-0.1, -0.05) is 53.6 Å². The van der Waals surface area contributed by atoms with Crippen molar-refractivity contribution in [3.63, 3.8) is 0 Å². The zero-order valence-electron chi connectivity index (χ0n) is 17.9. The number of para-hydroxylation sites is 1. The maximum absolute atomic E-state index is 13.1. The monoisotopic (exact) mass is 488 g/mol. The van der Waals surface area contributed by atoms with Crippen molar-refractivity contribution in [2.24, 2.45) is 0 Å². The lowest BCUT2D eigenvalue weighted by atomic mass is 10.1. The Kier molecular flexibility index (Phi) is 8.23. The number of sulfonamides is 1. The van der Waals surface area contributed by atoms with E-state index in [9.17, 15) is 13.2 Å². The summed E-state index contributed by atoms with van der Waals surface area (Å²) in [7, 11) is -2.33. The molecule has 8 heteroatoms. The zero-order chi connectivity index (χ0) is 23.1. The van der Waals surface area contributed by atoms with Crippen molar-refractivity contribution >= 4 is 45.0 Å². The second-order valence-corrected chi connectivity index (χ2v) is 10.7. The van der Waals surface area contributed by atoms with Crippen molar-refractivity contribution in [3.8, 4) is 0 Å². The molecule has 0 heterocycles. The number of amides is 1. The summed E-state index contributed by atoms with van der Waals surface area (Å²) in [5.41, 5.74) is 2.78. The molecule has 0 aliphatic carbocycles. The average Bonchev–Trinajstić information content (AvgIpc) is 2.79. The number of carbonyl (C=O) groups is 1. The predicted octanol–water partition coefficient (Wildman–Crippen LogP) is 5.14. The maximum Gasteiger partial charge on any atom is 0.264 e. The minimum atomic E-state index is -3.79. The molecule has 0 saturated heterocycles. The Bertz CT molecular complexity index is 1160. The van der Waals surface area contributed by atoms with Gasteiger partial charge in [-0.2, -0.15) is 11.8 Å². The van der Waals surface area contributed by atoms with Gasteiger partial charge in [-0.15, -0.1) is 0 Å². The van der Waals surface area contributed by atoms with Crippen LogP contribution in [0.2, 0.25) is 5.02 Å². The van der Waals surface area contributed by atoms with Crippen molar-refractivity contribution in [2.45, 2.75) is 17.6 Å². The SMILES string of the molecule is Cc1ccc(S(=O)(=O)N(C)c2ccccc2C(=O)NCCSCc2ccc(Cl)cc2)cc1. The minimum absolute atomic E-state index is 0.180. The van der Waals surface area contributed by atoms with Crippen LogP contribution in [0.1, 0.15) is 21.5 Å². The topological polar surface area (TPSA) is 66.5 Å². The van der Waals surface area contributed by atoms with Crippen LogP contribution in [0.4, 0.5) is 5.69 Å². The van der Waals surface area contributed by atoms with E-state index in [1.807, 2.05) is 31.2 Å². The molecule has 32 heavy (non-hydrogen) atoms. The summed E-state index contributed by atoms with van der Waals surface area (Å²) in [4.78, 5) is 13.0. The molecule has 0 saturated carbocycles. The Morgan fingerprint density at radius 2 is 1.66 bits per heavy atom. The van der Waals surface area contributed by atoms with Crippen LogP contribution in [-0.2, 0) is 15.8 Å². The Hall–Kier alpha value is -2.48. The minimum Gasteiger partial charge on any atom is -0.351 e. The third-order valence-corrected chi connectivity index (χ3v) is 7.95. The van der Waals surface area contributed by atoms with Crippen molar-refractivity contribution in [1.82, 2.24) is 5.32 Å². The molecule has 5 nitrogen and oxygen atoms in total. The van der Waals surface area contributed by atoms with Crippen LogP contribution in [0, 0.1) is 6.92 Å². The van der Waals surface area contributed by atoms with Crippen LogP contribution in [0.15, 0.2) is 77.7 Å². The summed E-state index contributed by atoms with van der Waals surface area (Å²) in [5.74, 6) is 1.24. The van der Waals surface area contributed by atoms with Crippen LogP contribution in [-0.4, -0.2) is 33.7 Å². The molecule has 0 aliphatic rings. The summed E-state index contributed by atoms with van der Waals surface area (Å²) >= 11 is 7.60. The average molecular weight is 489 g/mol. The Labute approximate surface area is 198 Å². The highest BCUT2D eigenvalue weighted by atomic mass is 35.5. The third kappa shape index (κ3) is 6.06. The number of aryl methyl sites for hydroxylation is 1. The molecule has 0 fully saturated rings. The molecule has 1 N–H and O–H groups in total. The van der Waals surface area contributed by atoms with Gasteiger partial charge in [0.05, 0.1) is 16.1 Å². The summed E-state index contributed by atoms with van der Waals surface area (Å²) in [6.45, 7) is 2.37. The van der Waals surface area contributed by atoms with Gasteiger partial charge in [0.1, 0.15) is 0 Å². The summed E-state index contributed by atoms with van der Waals surface area (Å²) in [6, 6.07) is 21.0. The second-order valence-electron chi connectivity index (χ2n) is 7.24. The second kappa shape index (κ2) is 10.9. The molecule has 0 aliphatic heterocycles. The van der Waals surface area contributed by atoms with E-state index in [2.05, 4.69) is 5.32 Å². The molecule has 0 aromatic heterocycles. The number of benzene rings is 3. The Morgan fingerprint density at radius 3 is 2.34 bits per heavy atom. The molecular weight excluding hydrogens is 464 g/mol. The number of carbonyl (C=O) groups excluding carboxylic acids is 1. The van der Waals surface area contributed by atoms with Gasteiger partial charge in [0.25, 0.3) is 15.9 Å². The number of thioether (sulfide) groups is 1. The lowest BCUT2D eigenvalue weighted by Gasteiger charge is -2.22. The van der Waals surface area contributed by atoms with Gasteiger partial charge in [0.2, 0.25) is 0 Å². The molecule has 0 spiro atoms. The lowest BCUT2D eigenvalue weighted by Crippen LogP contribution is -2.31. The highest BCUT2D eigenvalue weighted by Gasteiger charge is 2.24. The largest absolute Gasteiger partial charge is 0.351 e. The van der Waals surface area contributed by atoms with Gasteiger partial charge in [-0.3, -0.25) is 9.10 Å². The quantitative estimate of drug-likeness (QED) is 0.424. The van der Waals surface area contributed by atoms with Gasteiger partial charge >= 0.3 is 0 Å². The summed E-state index contributed by atoms with van der Waals surface area (Å²) in [6.07, 6.45) is 0. The standard InChI is InChI=1S/C24H25ClN2O3S2/c1-18-7-13-21(14-8-18)32(29,30)27(2)23-6-4-3-5-22(23)24(28)26-15-16-31-17-19-9-11-20(25)12-10-19/h3-14H,15-17H2,1-2H3,(H,26,28). The molecule has 168 valence electrons. The number of halogens is 1. The first kappa shape index (κ1) is 24.2. The van der Waals surface area contributed by atoms with Crippen LogP contribution < -0.4 is 9.62 Å². The molecule has 3 aromatic rings. The molecule has 3 rings (SSSR count). The van der Waals surface area contributed by atoms with Crippen LogP contribution in [0.25, 0.3) is 0 Å². The third-order valence-electron chi connectivity index (χ3n) is 4.88. The Morgan fingerprint density at radius 1 is 1.00 bits per heavy atom. The smallest absolute Gasteiger partial charge is 0.264 e. The first-order valence-electron chi connectivity index (χ1n) is 10.0. The van der Waals surface area contributed by atoms with E-state index in [1.165, 1.54) is 12.6 Å². The first-order chi connectivity index (χ1) is 15.3. The number of anilines is 1. The van der Waals surface area contributed by atoms with Crippen LogP contribution >= 0.6 is 23.4 Å². The molecule has 0 unspecified atom stereocenters. The summed E-state index contributed by atoms with van der Waals surface area (Å²) in [5, 5.41) is 3.59. The normalized spacial score (nSPS) is 11.2. The fourth-order valence-electron chi connectivity index (χ4n) is 3.04. The predicted molar refractivity (Wildman–Crippen MR) is 133 cm³/mol. The van der Waals surface area contributed by atoms with E-state index in [1.54, 1.807) is 60.3 Å². The fourth-order valence-corrected chi connectivity index (χ4v) is 5.20. The van der Waals surface area contributed by atoms with Crippen LogP contribution in [0.5, 0.6) is 0 Å². The van der Waals surface area contributed by atoms with E-state index in [-0.39, 0.29) is 10.8 Å². The Balaban J connectivity index is 1.63. The number of nitrogens with zero attached hydrogens (tertiary/aromatic N) is 1. The highest BCUT2D eigenvalue weighted by Crippen LogP contribution is 2.26. The summed E-state index contributed by atoms with van der Waals surface area (Å²) < 4.78 is 27.3. The molecular formula is C24H25ClN2O3S2. The number of rotatable bonds is 9. The van der Waals surface area contributed by atoms with Gasteiger partial charge in [-0.25, -0.2) is 8.42 Å². The van der Waals surface area contributed by atoms with E-state index in [0.717, 1.165) is 21.4 Å². The van der Waals surface area contributed by atoms with Gasteiger partial charge in [0, 0.05) is 30.1 Å². The van der Waals surface area contributed by atoms with E-state index < -0.39 is 10.0 Å². The fraction of sp³-hybridized carbons (Fsp3) is 0.208. The van der Waals surface area contributed by atoms with E-state index >= 15 is 0 Å². The molecule has 0 atom stereocenters. The van der Waals surface area contributed by atoms with Crippen molar-refractivity contribution in [1.29, 1.82) is 0 Å². The van der Waals surface area contributed by atoms with Crippen LogP contribution in [0.3, 0.4) is 0 Å². The lowest BCUT2D eigenvalue weighted by molar-refractivity contribution is 0.0957. The van der Waals surface area contributed by atoms with Crippen molar-refractivity contribution < 1.29 is 13.2 Å². The van der Waals surface area contributed by atoms with E-state index in [4.69, 9.17) is 11.6 Å². The molecule has 3 aromatic carbocycles. The number of hydrogen-bond acceptors (Lipinski definition) is 4. The zero-order valence-corrected chi connectivity index (χ0v) is 20.3. The molecule has 1 amide bonds. The maximum atomic E-state index is 13.1.